The second-order valence-corrected chi connectivity index (χ2v) is 5.29. The van der Waals surface area contributed by atoms with Crippen molar-refractivity contribution in [1.29, 1.82) is 0 Å². The zero-order valence-electron chi connectivity index (χ0n) is 11.1. The Hall–Kier alpha value is -1.35. The first-order valence-corrected chi connectivity index (χ1v) is 6.63. The van der Waals surface area contributed by atoms with Crippen LogP contribution in [0.15, 0.2) is 24.3 Å². The second-order valence-electron chi connectivity index (χ2n) is 5.29. The van der Waals surface area contributed by atoms with Gasteiger partial charge in [0.15, 0.2) is 5.78 Å². The summed E-state index contributed by atoms with van der Waals surface area (Å²) in [5.41, 5.74) is 6.39. The maximum Gasteiger partial charge on any atom is 0.167 e. The van der Waals surface area contributed by atoms with Crippen molar-refractivity contribution < 1.29 is 9.53 Å². The summed E-state index contributed by atoms with van der Waals surface area (Å²) >= 11 is 0. The molecule has 1 aromatic rings. The first-order valence-electron chi connectivity index (χ1n) is 6.63. The van der Waals surface area contributed by atoms with E-state index in [2.05, 4.69) is 0 Å². The van der Waals surface area contributed by atoms with Gasteiger partial charge in [0.25, 0.3) is 0 Å². The van der Waals surface area contributed by atoms with Crippen molar-refractivity contribution >= 4 is 5.78 Å². The fraction of sp³-hybridized carbons (Fsp3) is 0.533. The molecule has 0 radical (unpaired) electrons. The van der Waals surface area contributed by atoms with Crippen LogP contribution in [0.4, 0.5) is 0 Å². The third-order valence-electron chi connectivity index (χ3n) is 3.36. The SMILES string of the molecule is CC(C)C(CN)C(=O)c1ccc(OC2CC2)cc1. The molecule has 0 saturated heterocycles. The zero-order chi connectivity index (χ0) is 13.1. The average molecular weight is 247 g/mol. The lowest BCUT2D eigenvalue weighted by atomic mass is 9.88. The van der Waals surface area contributed by atoms with Gasteiger partial charge in [-0.3, -0.25) is 4.79 Å². The molecule has 1 unspecified atom stereocenters. The molecule has 0 bridgehead atoms. The molecule has 2 N–H and O–H groups in total. The molecular weight excluding hydrogens is 226 g/mol. The molecule has 1 aliphatic rings. The van der Waals surface area contributed by atoms with Gasteiger partial charge in [-0.25, -0.2) is 0 Å². The summed E-state index contributed by atoms with van der Waals surface area (Å²) in [5.74, 6) is 1.15. The summed E-state index contributed by atoms with van der Waals surface area (Å²) in [4.78, 5) is 12.2. The highest BCUT2D eigenvalue weighted by molar-refractivity contribution is 5.98. The Labute approximate surface area is 108 Å². The van der Waals surface area contributed by atoms with Crippen LogP contribution in [0, 0.1) is 11.8 Å². The summed E-state index contributed by atoms with van der Waals surface area (Å²) < 4.78 is 5.66. The highest BCUT2D eigenvalue weighted by Crippen LogP contribution is 2.27. The monoisotopic (exact) mass is 247 g/mol. The molecule has 0 amide bonds. The molecule has 0 aliphatic heterocycles. The van der Waals surface area contributed by atoms with E-state index >= 15 is 0 Å². The van der Waals surface area contributed by atoms with E-state index in [1.807, 2.05) is 38.1 Å². The quantitative estimate of drug-likeness (QED) is 0.786. The fourth-order valence-corrected chi connectivity index (χ4v) is 1.97. The molecule has 0 aromatic heterocycles. The lowest BCUT2D eigenvalue weighted by molar-refractivity contribution is 0.0892. The van der Waals surface area contributed by atoms with E-state index in [1.54, 1.807) is 0 Å². The molecule has 1 aliphatic carbocycles. The van der Waals surface area contributed by atoms with Gasteiger partial charge in [0.05, 0.1) is 6.10 Å². The summed E-state index contributed by atoms with van der Waals surface area (Å²) in [7, 11) is 0. The minimum absolute atomic E-state index is 0.0970. The Balaban J connectivity index is 2.05. The molecule has 1 atom stereocenters. The highest BCUT2D eigenvalue weighted by atomic mass is 16.5. The number of hydrogen-bond acceptors (Lipinski definition) is 3. The lowest BCUT2D eigenvalue weighted by Gasteiger charge is -2.17. The van der Waals surface area contributed by atoms with E-state index < -0.39 is 0 Å². The smallest absolute Gasteiger partial charge is 0.167 e. The van der Waals surface area contributed by atoms with Crippen LogP contribution in [0.3, 0.4) is 0 Å². The topological polar surface area (TPSA) is 52.3 Å². The number of ketones is 1. The molecule has 0 spiro atoms. The predicted octanol–water partition coefficient (Wildman–Crippen LogP) is 2.64. The van der Waals surface area contributed by atoms with E-state index in [9.17, 15) is 4.79 Å². The number of carbonyl (C=O) groups excluding carboxylic acids is 1. The summed E-state index contributed by atoms with van der Waals surface area (Å²) in [6, 6.07) is 7.43. The van der Waals surface area contributed by atoms with Crippen LogP contribution in [0.1, 0.15) is 37.0 Å². The zero-order valence-corrected chi connectivity index (χ0v) is 11.1. The van der Waals surface area contributed by atoms with Crippen molar-refractivity contribution in [3.63, 3.8) is 0 Å². The van der Waals surface area contributed by atoms with Crippen molar-refractivity contribution in [1.82, 2.24) is 0 Å². The predicted molar refractivity (Wildman–Crippen MR) is 71.8 cm³/mol. The molecule has 3 heteroatoms. The van der Waals surface area contributed by atoms with Gasteiger partial charge in [0, 0.05) is 18.0 Å². The minimum Gasteiger partial charge on any atom is -0.490 e. The minimum atomic E-state index is -0.0970. The molecular formula is C15H21NO2. The maximum atomic E-state index is 12.2. The summed E-state index contributed by atoms with van der Waals surface area (Å²) in [5, 5.41) is 0. The van der Waals surface area contributed by atoms with Gasteiger partial charge in [0.1, 0.15) is 5.75 Å². The van der Waals surface area contributed by atoms with Crippen LogP contribution < -0.4 is 10.5 Å². The Morgan fingerprint density at radius 2 is 1.94 bits per heavy atom. The highest BCUT2D eigenvalue weighted by Gasteiger charge is 2.24. The van der Waals surface area contributed by atoms with E-state index in [0.29, 0.717) is 12.6 Å². The van der Waals surface area contributed by atoms with Crippen molar-refractivity contribution in [3.8, 4) is 5.75 Å². The Morgan fingerprint density at radius 3 is 2.39 bits per heavy atom. The summed E-state index contributed by atoms with van der Waals surface area (Å²) in [6.45, 7) is 4.46. The Morgan fingerprint density at radius 1 is 1.33 bits per heavy atom. The van der Waals surface area contributed by atoms with E-state index in [0.717, 1.165) is 24.2 Å². The van der Waals surface area contributed by atoms with E-state index in [1.165, 1.54) is 0 Å². The third-order valence-corrected chi connectivity index (χ3v) is 3.36. The lowest BCUT2D eigenvalue weighted by Crippen LogP contribution is -2.28. The largest absolute Gasteiger partial charge is 0.490 e. The van der Waals surface area contributed by atoms with Gasteiger partial charge in [-0.15, -0.1) is 0 Å². The standard InChI is InChI=1S/C15H21NO2/c1-10(2)14(9-16)15(17)11-3-5-12(6-4-11)18-13-7-8-13/h3-6,10,13-14H,7-9,16H2,1-2H3. The maximum absolute atomic E-state index is 12.2. The molecule has 98 valence electrons. The van der Waals surface area contributed by atoms with Crippen LogP contribution in [0.2, 0.25) is 0 Å². The molecule has 1 saturated carbocycles. The van der Waals surface area contributed by atoms with Gasteiger partial charge in [-0.2, -0.15) is 0 Å². The normalized spacial score (nSPS) is 16.7. The van der Waals surface area contributed by atoms with Gasteiger partial charge in [0.2, 0.25) is 0 Å². The van der Waals surface area contributed by atoms with E-state index in [4.69, 9.17) is 10.5 Å². The van der Waals surface area contributed by atoms with Crippen molar-refractivity contribution in [2.75, 3.05) is 6.54 Å². The Bertz CT molecular complexity index is 407. The number of benzene rings is 1. The van der Waals surface area contributed by atoms with Crippen molar-refractivity contribution in [2.45, 2.75) is 32.8 Å². The Kier molecular flexibility index (Phi) is 4.02. The number of Topliss-reactive ketones (excluding diaryl/α,β-unsaturated/α-hetero) is 1. The molecule has 3 nitrogen and oxygen atoms in total. The first kappa shape index (κ1) is 13.1. The molecule has 2 rings (SSSR count). The van der Waals surface area contributed by atoms with Gasteiger partial charge >= 0.3 is 0 Å². The van der Waals surface area contributed by atoms with Crippen LogP contribution in [0.5, 0.6) is 5.75 Å². The first-order chi connectivity index (χ1) is 8.61. The van der Waals surface area contributed by atoms with Crippen LogP contribution >= 0.6 is 0 Å². The molecule has 1 aromatic carbocycles. The van der Waals surface area contributed by atoms with Crippen molar-refractivity contribution in [3.05, 3.63) is 29.8 Å². The number of carbonyl (C=O) groups is 1. The summed E-state index contributed by atoms with van der Waals surface area (Å²) in [6.07, 6.45) is 2.67. The molecule has 1 fully saturated rings. The third kappa shape index (κ3) is 3.10. The van der Waals surface area contributed by atoms with E-state index in [-0.39, 0.29) is 17.6 Å². The van der Waals surface area contributed by atoms with Crippen LogP contribution in [-0.4, -0.2) is 18.4 Å². The molecule has 0 heterocycles. The number of nitrogens with two attached hydrogens (primary N) is 1. The fourth-order valence-electron chi connectivity index (χ4n) is 1.97. The van der Waals surface area contributed by atoms with Crippen LogP contribution in [0.25, 0.3) is 0 Å². The number of hydrogen-bond donors (Lipinski definition) is 1. The van der Waals surface area contributed by atoms with Gasteiger partial charge in [-0.1, -0.05) is 13.8 Å². The number of ether oxygens (including phenoxy) is 1. The number of rotatable bonds is 6. The van der Waals surface area contributed by atoms with Crippen molar-refractivity contribution in [2.24, 2.45) is 17.6 Å². The van der Waals surface area contributed by atoms with Gasteiger partial charge < -0.3 is 10.5 Å². The van der Waals surface area contributed by atoms with Crippen LogP contribution in [-0.2, 0) is 0 Å². The second kappa shape index (κ2) is 5.53. The molecule has 18 heavy (non-hydrogen) atoms. The average Bonchev–Trinajstić information content (AvgIpc) is 3.14. The van der Waals surface area contributed by atoms with Gasteiger partial charge in [-0.05, 0) is 43.0 Å².